The van der Waals surface area contributed by atoms with Crippen molar-refractivity contribution in [2.75, 3.05) is 0 Å². The second-order valence-corrected chi connectivity index (χ2v) is 8.60. The molecule has 2 aromatic carbocycles. The number of benzene rings is 2. The molecule has 10 nitrogen and oxygen atoms in total. The first-order chi connectivity index (χ1) is 18.2. The van der Waals surface area contributed by atoms with Crippen LogP contribution in [-0.2, 0) is 16.1 Å². The summed E-state index contributed by atoms with van der Waals surface area (Å²) in [5.41, 5.74) is 8.31. The molecule has 0 radical (unpaired) electrons. The second kappa shape index (κ2) is 11.2. The molecule has 2 aliphatic heterocycles. The smallest absolute Gasteiger partial charge is 0.328 e. The molecule has 0 atom stereocenters. The van der Waals surface area contributed by atoms with Crippen molar-refractivity contribution < 1.29 is 19.8 Å². The topological polar surface area (TPSA) is 154 Å². The van der Waals surface area contributed by atoms with E-state index in [1.807, 2.05) is 23.0 Å². The zero-order valence-corrected chi connectivity index (χ0v) is 20.7. The lowest BCUT2D eigenvalue weighted by molar-refractivity contribution is -0.134. The molecule has 192 valence electrons. The number of carboxylic acids is 2. The van der Waals surface area contributed by atoms with Crippen LogP contribution in [0.3, 0.4) is 0 Å². The lowest BCUT2D eigenvalue weighted by atomic mass is 9.99. The molecule has 0 saturated carbocycles. The minimum absolute atomic E-state index is 0.133. The quantitative estimate of drug-likeness (QED) is 0.250. The lowest BCUT2D eigenvalue weighted by Crippen LogP contribution is -2.01. The maximum atomic E-state index is 11.3. The minimum Gasteiger partial charge on any atom is -0.478 e. The van der Waals surface area contributed by atoms with Crippen molar-refractivity contribution in [1.29, 1.82) is 0 Å². The zero-order valence-electron chi connectivity index (χ0n) is 20.7. The number of imidazole rings is 1. The van der Waals surface area contributed by atoms with Gasteiger partial charge in [0.15, 0.2) is 5.82 Å². The molecule has 38 heavy (non-hydrogen) atoms. The molecule has 0 amide bonds. The standard InChI is InChI=1S/C24H21N5O.C4H4O4/c1-15-3-4-19(11-16(15)2)17-5-7-18(8-6-17)24-25-21-9-10-29(14-22(21)26-24)13-20-12-23(30)28-27-20;5-3(6)1-2-4(7)8/h3-12,14H,13H2,1-2H3,(H2,27,28,30);1-2H,(H,5,6)(H,7,8)/b;2-1-. The molecule has 0 saturated heterocycles. The van der Waals surface area contributed by atoms with Gasteiger partial charge in [-0.25, -0.2) is 19.6 Å². The van der Waals surface area contributed by atoms with Crippen LogP contribution in [0, 0.1) is 13.8 Å². The molecule has 2 aliphatic rings. The fourth-order valence-corrected chi connectivity index (χ4v) is 3.71. The van der Waals surface area contributed by atoms with Crippen LogP contribution in [-0.4, -0.2) is 46.9 Å². The van der Waals surface area contributed by atoms with Gasteiger partial charge in [-0.3, -0.25) is 9.89 Å². The molecular formula is C28H25N5O5. The predicted molar refractivity (Wildman–Crippen MR) is 142 cm³/mol. The van der Waals surface area contributed by atoms with Crippen molar-refractivity contribution in [3.8, 4) is 33.9 Å². The van der Waals surface area contributed by atoms with Gasteiger partial charge in [0.1, 0.15) is 5.69 Å². The highest BCUT2D eigenvalue weighted by Gasteiger charge is 2.13. The summed E-state index contributed by atoms with van der Waals surface area (Å²) in [4.78, 5) is 39.8. The summed E-state index contributed by atoms with van der Waals surface area (Å²) >= 11 is 0. The number of carbonyl (C=O) groups is 2. The highest BCUT2D eigenvalue weighted by molar-refractivity contribution is 5.89. The number of aliphatic carboxylic acids is 2. The third kappa shape index (κ3) is 6.49. The van der Waals surface area contributed by atoms with Gasteiger partial charge in [-0.2, -0.15) is 0 Å². The number of aryl methyl sites for hydroxylation is 2. The number of nitrogens with zero attached hydrogens (tertiary/aromatic N) is 3. The number of aromatic amines is 2. The summed E-state index contributed by atoms with van der Waals surface area (Å²) < 4.78 is 1.97. The average Bonchev–Trinajstić information content (AvgIpc) is 3.50. The van der Waals surface area contributed by atoms with Gasteiger partial charge in [0, 0.05) is 36.2 Å². The molecule has 4 N–H and O–H groups in total. The molecular weight excluding hydrogens is 486 g/mol. The summed E-state index contributed by atoms with van der Waals surface area (Å²) in [6.45, 7) is 4.82. The highest BCUT2D eigenvalue weighted by atomic mass is 16.4. The number of hydrogen-bond donors (Lipinski definition) is 4. The Balaban J connectivity index is 0.000000368. The third-order valence-corrected chi connectivity index (χ3v) is 5.78. The first-order valence-corrected chi connectivity index (χ1v) is 11.6. The van der Waals surface area contributed by atoms with Crippen LogP contribution in [0.2, 0.25) is 0 Å². The Hall–Kier alpha value is -5.25. The largest absolute Gasteiger partial charge is 0.478 e. The van der Waals surface area contributed by atoms with Gasteiger partial charge in [0.25, 0.3) is 5.56 Å². The Labute approximate surface area is 217 Å². The van der Waals surface area contributed by atoms with Crippen LogP contribution < -0.4 is 5.56 Å². The van der Waals surface area contributed by atoms with Gasteiger partial charge in [0.2, 0.25) is 0 Å². The van der Waals surface area contributed by atoms with Gasteiger partial charge >= 0.3 is 11.9 Å². The average molecular weight is 512 g/mol. The van der Waals surface area contributed by atoms with E-state index in [9.17, 15) is 14.4 Å². The van der Waals surface area contributed by atoms with Gasteiger partial charge < -0.3 is 19.9 Å². The van der Waals surface area contributed by atoms with Crippen LogP contribution in [0.4, 0.5) is 0 Å². The van der Waals surface area contributed by atoms with E-state index in [0.29, 0.717) is 24.5 Å². The van der Waals surface area contributed by atoms with Crippen LogP contribution in [0.25, 0.3) is 33.9 Å². The highest BCUT2D eigenvalue weighted by Crippen LogP contribution is 2.28. The van der Waals surface area contributed by atoms with Crippen molar-refractivity contribution in [2.24, 2.45) is 0 Å². The lowest BCUT2D eigenvalue weighted by Gasteiger charge is -2.06. The second-order valence-electron chi connectivity index (χ2n) is 8.60. The maximum Gasteiger partial charge on any atom is 0.328 e. The van der Waals surface area contributed by atoms with E-state index in [1.54, 1.807) is 6.07 Å². The van der Waals surface area contributed by atoms with Crippen molar-refractivity contribution in [3.63, 3.8) is 0 Å². The van der Waals surface area contributed by atoms with E-state index >= 15 is 0 Å². The number of aromatic nitrogens is 5. The number of rotatable bonds is 6. The fraction of sp³-hybridized carbons (Fsp3) is 0.107. The Morgan fingerprint density at radius 2 is 1.45 bits per heavy atom. The van der Waals surface area contributed by atoms with E-state index in [-0.39, 0.29) is 5.56 Å². The molecule has 0 spiro atoms. The van der Waals surface area contributed by atoms with Crippen LogP contribution >= 0.6 is 0 Å². The molecule has 0 unspecified atom stereocenters. The number of nitrogens with one attached hydrogen (secondary N) is 2. The molecule has 3 aromatic rings. The molecule has 0 fully saturated rings. The van der Waals surface area contributed by atoms with Gasteiger partial charge in [-0.1, -0.05) is 42.5 Å². The fourth-order valence-electron chi connectivity index (χ4n) is 3.71. The Morgan fingerprint density at radius 3 is 2.05 bits per heavy atom. The summed E-state index contributed by atoms with van der Waals surface area (Å²) in [7, 11) is 0. The zero-order chi connectivity index (χ0) is 27.2. The number of H-pyrrole nitrogens is 2. The molecule has 10 heteroatoms. The molecule has 1 aromatic heterocycles. The number of pyridine rings is 1. The first kappa shape index (κ1) is 25.8. The van der Waals surface area contributed by atoms with Crippen LogP contribution in [0.5, 0.6) is 0 Å². The Bertz CT molecular complexity index is 1630. The maximum absolute atomic E-state index is 11.3. The summed E-state index contributed by atoms with van der Waals surface area (Å²) in [6, 6.07) is 18.4. The van der Waals surface area contributed by atoms with Gasteiger partial charge in [-0.15, -0.1) is 0 Å². The SMILES string of the molecule is Cc1ccc(-c2ccc(-c3nc4ccn(Cc5cc(=O)[nH][nH]5)cc-4n3)cc2)cc1C.O=C(O)/C=C\C(=O)O. The molecule has 0 bridgehead atoms. The normalized spacial score (nSPS) is 10.9. The monoisotopic (exact) mass is 511 g/mol. The minimum atomic E-state index is -1.26. The predicted octanol–water partition coefficient (Wildman–Crippen LogP) is 4.11. The molecule has 3 heterocycles. The Morgan fingerprint density at radius 1 is 0.816 bits per heavy atom. The number of carboxylic acid groups (broad SMARTS) is 2. The summed E-state index contributed by atoms with van der Waals surface area (Å²) in [6.07, 6.45) is 5.00. The van der Waals surface area contributed by atoms with E-state index in [1.165, 1.54) is 22.3 Å². The van der Waals surface area contributed by atoms with Crippen molar-refractivity contribution in [1.82, 2.24) is 24.7 Å². The molecule has 5 rings (SSSR count). The van der Waals surface area contributed by atoms with Crippen molar-refractivity contribution >= 4 is 11.9 Å². The van der Waals surface area contributed by atoms with E-state index in [0.717, 1.165) is 22.6 Å². The number of fused-ring (bicyclic) bond motifs is 1. The van der Waals surface area contributed by atoms with Crippen molar-refractivity contribution in [3.05, 3.63) is 106 Å². The molecule has 0 aliphatic carbocycles. The summed E-state index contributed by atoms with van der Waals surface area (Å²) in [5, 5.41) is 21.0. The van der Waals surface area contributed by atoms with Crippen molar-refractivity contribution in [2.45, 2.75) is 20.4 Å². The van der Waals surface area contributed by atoms with Gasteiger partial charge in [0.05, 0.1) is 17.9 Å². The Kier molecular flexibility index (Phi) is 7.62. The van der Waals surface area contributed by atoms with Crippen LogP contribution in [0.15, 0.2) is 83.9 Å². The third-order valence-electron chi connectivity index (χ3n) is 5.78. The van der Waals surface area contributed by atoms with Gasteiger partial charge in [-0.05, 0) is 42.2 Å². The van der Waals surface area contributed by atoms with E-state index < -0.39 is 11.9 Å². The first-order valence-electron chi connectivity index (χ1n) is 11.6. The number of hydrogen-bond acceptors (Lipinski definition) is 5. The van der Waals surface area contributed by atoms with E-state index in [4.69, 9.17) is 15.2 Å². The summed E-state index contributed by atoms with van der Waals surface area (Å²) in [5.74, 6) is -1.80. The van der Waals surface area contributed by atoms with E-state index in [2.05, 4.69) is 71.5 Å². The van der Waals surface area contributed by atoms with Crippen LogP contribution in [0.1, 0.15) is 16.8 Å².